The minimum Gasteiger partial charge on any atom is -0.497 e. The number of allylic oxidation sites excluding steroid dienone is 1. The number of pyridine rings is 1. The van der Waals surface area contributed by atoms with E-state index in [0.29, 0.717) is 49.4 Å². The number of rotatable bonds is 8. The van der Waals surface area contributed by atoms with Gasteiger partial charge in [0.1, 0.15) is 35.6 Å². The number of nitrogens with zero attached hydrogens (tertiary/aromatic N) is 2. The highest BCUT2D eigenvalue weighted by Gasteiger charge is 2.62. The molecule has 1 aromatic carbocycles. The molecule has 7 atom stereocenters. The Hall–Kier alpha value is -4.70. The maximum atomic E-state index is 14.8. The number of carbonyl (C=O) groups is 4. The molecular formula is C41H51N5O10S. The highest BCUT2D eigenvalue weighted by molar-refractivity contribution is 7.91. The molecule has 3 saturated carbocycles. The first-order valence-corrected chi connectivity index (χ1v) is 21.7. The lowest BCUT2D eigenvalue weighted by Crippen LogP contribution is -2.59. The number of amides is 4. The average Bonchev–Trinajstić information content (AvgIpc) is 3.98. The quantitative estimate of drug-likeness (QED) is 0.330. The Balaban J connectivity index is 1.14. The van der Waals surface area contributed by atoms with Gasteiger partial charge in [-0.05, 0) is 75.5 Å². The number of aromatic nitrogens is 1. The zero-order valence-corrected chi connectivity index (χ0v) is 33.0. The number of hydrogen-bond donors (Lipinski definition) is 3. The second kappa shape index (κ2) is 15.9. The normalized spacial score (nSPS) is 30.9. The Morgan fingerprint density at radius 1 is 1.05 bits per heavy atom. The Morgan fingerprint density at radius 3 is 2.58 bits per heavy atom. The van der Waals surface area contributed by atoms with E-state index >= 15 is 0 Å². The third kappa shape index (κ3) is 8.20. The molecule has 4 amide bonds. The van der Waals surface area contributed by atoms with Gasteiger partial charge in [0, 0.05) is 35.3 Å². The fourth-order valence-corrected chi connectivity index (χ4v) is 10.2. The minimum atomic E-state index is -3.91. The summed E-state index contributed by atoms with van der Waals surface area (Å²) < 4.78 is 51.5. The van der Waals surface area contributed by atoms with Gasteiger partial charge in [-0.15, -0.1) is 6.58 Å². The zero-order valence-electron chi connectivity index (χ0n) is 32.2. The van der Waals surface area contributed by atoms with E-state index in [9.17, 15) is 27.6 Å². The molecule has 4 heterocycles. The first-order chi connectivity index (χ1) is 27.5. The summed E-state index contributed by atoms with van der Waals surface area (Å²) in [6, 6.07) is 5.46. The maximum Gasteiger partial charge on any atom is 0.408 e. The fraction of sp³-hybridized carbons (Fsp3) is 0.585. The number of hydrogen-bond acceptors (Lipinski definition) is 11. The lowest BCUT2D eigenvalue weighted by Gasteiger charge is -2.32. The van der Waals surface area contributed by atoms with Crippen LogP contribution in [-0.2, 0) is 33.9 Å². The smallest absolute Gasteiger partial charge is 0.408 e. The molecular weight excluding hydrogens is 755 g/mol. The minimum absolute atomic E-state index is 0.00195. The van der Waals surface area contributed by atoms with E-state index in [1.54, 1.807) is 7.11 Å². The van der Waals surface area contributed by atoms with Gasteiger partial charge in [-0.25, -0.2) is 18.2 Å². The Kier molecular flexibility index (Phi) is 10.9. The average molecular weight is 806 g/mol. The van der Waals surface area contributed by atoms with Gasteiger partial charge in [0.25, 0.3) is 5.91 Å². The number of nitrogens with one attached hydrogen (secondary N) is 3. The van der Waals surface area contributed by atoms with Crippen LogP contribution >= 0.6 is 0 Å². The summed E-state index contributed by atoms with van der Waals surface area (Å²) in [6.07, 6.45) is 10.3. The van der Waals surface area contributed by atoms with Gasteiger partial charge >= 0.3 is 6.09 Å². The van der Waals surface area contributed by atoms with Gasteiger partial charge < -0.3 is 34.5 Å². The standard InChI is InChI=1S/C41H51N5O10S/c1-3-28-20-41(28,39(49)45-57(51,52)31-15-16-31)44-36(47)33-19-30-21-46(33)38(48)35(24-9-7-8-10-24)43-40(50)56-34-23-54-22-27(34)12-6-4-5-11-26-17-25-13-14-29(53-2)18-32(25)42-37(26)55-30/h3,5,11,13-14,17-18,24,27-28,30-31,33-35H,1,4,6-10,12,15-16,19-23H2,2H3,(H,43,50)(H,44,47)(H,45,49)/t27-,28-,30-,33+,34-,35+,41-/m1/s1. The highest BCUT2D eigenvalue weighted by Crippen LogP contribution is 2.46. The lowest BCUT2D eigenvalue weighted by molar-refractivity contribution is -0.142. The highest BCUT2D eigenvalue weighted by atomic mass is 32.2. The molecule has 306 valence electrons. The Morgan fingerprint density at radius 2 is 1.84 bits per heavy atom. The summed E-state index contributed by atoms with van der Waals surface area (Å²) in [5.41, 5.74) is -0.191. The molecule has 8 rings (SSSR count). The molecule has 1 aromatic heterocycles. The van der Waals surface area contributed by atoms with Crippen LogP contribution in [0.2, 0.25) is 0 Å². The molecule has 2 aromatic rings. The number of alkyl carbamates (subject to hydrolysis) is 1. The van der Waals surface area contributed by atoms with Gasteiger partial charge in [-0.3, -0.25) is 19.1 Å². The largest absolute Gasteiger partial charge is 0.497 e. The second-order valence-electron chi connectivity index (χ2n) is 16.3. The van der Waals surface area contributed by atoms with Gasteiger partial charge in [0.2, 0.25) is 27.7 Å². The molecule has 3 aliphatic carbocycles. The van der Waals surface area contributed by atoms with Crippen LogP contribution in [0, 0.1) is 17.8 Å². The first kappa shape index (κ1) is 39.1. The second-order valence-corrected chi connectivity index (χ2v) is 18.3. The number of carbonyl (C=O) groups excluding carboxylic acids is 4. The summed E-state index contributed by atoms with van der Waals surface area (Å²) in [5.74, 6) is -1.70. The van der Waals surface area contributed by atoms with Crippen molar-refractivity contribution < 1.29 is 46.5 Å². The molecule has 2 saturated heterocycles. The van der Waals surface area contributed by atoms with E-state index in [1.165, 1.54) is 11.0 Å². The van der Waals surface area contributed by atoms with Crippen LogP contribution in [0.3, 0.4) is 0 Å². The maximum absolute atomic E-state index is 14.8. The van der Waals surface area contributed by atoms with E-state index in [-0.39, 0.29) is 37.8 Å². The van der Waals surface area contributed by atoms with Gasteiger partial charge in [-0.2, -0.15) is 0 Å². The molecule has 0 spiro atoms. The molecule has 3 aliphatic heterocycles. The molecule has 0 radical (unpaired) electrons. The van der Waals surface area contributed by atoms with Crippen molar-refractivity contribution in [3.05, 3.63) is 48.6 Å². The van der Waals surface area contributed by atoms with E-state index in [2.05, 4.69) is 21.9 Å². The lowest BCUT2D eigenvalue weighted by atomic mass is 9.96. The van der Waals surface area contributed by atoms with Crippen LogP contribution < -0.4 is 24.8 Å². The summed E-state index contributed by atoms with van der Waals surface area (Å²) in [4.78, 5) is 62.8. The summed E-state index contributed by atoms with van der Waals surface area (Å²) in [6.45, 7) is 4.52. The summed E-state index contributed by atoms with van der Waals surface area (Å²) in [5, 5.41) is 5.97. The molecule has 5 fully saturated rings. The van der Waals surface area contributed by atoms with Crippen molar-refractivity contribution in [2.45, 2.75) is 106 Å². The molecule has 15 nitrogen and oxygen atoms in total. The van der Waals surface area contributed by atoms with Crippen molar-refractivity contribution in [3.8, 4) is 11.6 Å². The van der Waals surface area contributed by atoms with Crippen LogP contribution in [0.15, 0.2) is 43.0 Å². The number of sulfonamides is 1. The third-order valence-electron chi connectivity index (χ3n) is 12.4. The summed E-state index contributed by atoms with van der Waals surface area (Å²) in [7, 11) is -2.33. The number of fused-ring (bicyclic) bond motifs is 5. The molecule has 6 aliphatic rings. The van der Waals surface area contributed by atoms with Crippen molar-refractivity contribution in [1.29, 1.82) is 0 Å². The first-order valence-electron chi connectivity index (χ1n) is 20.2. The van der Waals surface area contributed by atoms with Gasteiger partial charge in [0.05, 0.1) is 37.6 Å². The Labute approximate surface area is 332 Å². The monoisotopic (exact) mass is 805 g/mol. The SMILES string of the molecule is C=C[C@@H]1C[C@]1(NC(=O)[C@@H]1C[C@@H]2CN1C(=O)[C@H](C1CCCC1)NC(=O)O[C@@H]1COC[C@H]1CCCC=Cc1cc3ccc(OC)cc3nc1O2)C(=O)NS(=O)(=O)C1CC1. The van der Waals surface area contributed by atoms with Crippen molar-refractivity contribution >= 4 is 50.8 Å². The Bertz CT molecular complexity index is 2070. The summed E-state index contributed by atoms with van der Waals surface area (Å²) >= 11 is 0. The fourth-order valence-electron chi connectivity index (χ4n) is 8.87. The van der Waals surface area contributed by atoms with E-state index < -0.39 is 74.8 Å². The molecule has 16 heteroatoms. The van der Waals surface area contributed by atoms with Crippen molar-refractivity contribution in [1.82, 2.24) is 25.2 Å². The van der Waals surface area contributed by atoms with Crippen molar-refractivity contribution in [3.63, 3.8) is 0 Å². The van der Waals surface area contributed by atoms with Crippen LogP contribution in [-0.4, -0.2) is 104 Å². The zero-order chi connectivity index (χ0) is 39.9. The van der Waals surface area contributed by atoms with Crippen molar-refractivity contribution in [2.24, 2.45) is 17.8 Å². The number of ether oxygens (including phenoxy) is 4. The van der Waals surface area contributed by atoms with Crippen LogP contribution in [0.5, 0.6) is 11.6 Å². The predicted molar refractivity (Wildman–Crippen MR) is 208 cm³/mol. The van der Waals surface area contributed by atoms with Gasteiger partial charge in [0.15, 0.2) is 0 Å². The predicted octanol–water partition coefficient (Wildman–Crippen LogP) is 3.76. The van der Waals surface area contributed by atoms with E-state index in [4.69, 9.17) is 23.9 Å². The topological polar surface area (TPSA) is 192 Å². The number of benzene rings is 1. The molecule has 57 heavy (non-hydrogen) atoms. The van der Waals surface area contributed by atoms with Crippen LogP contribution in [0.4, 0.5) is 4.79 Å². The number of methoxy groups -OCH3 is 1. The molecule has 0 unspecified atom stereocenters. The molecule has 2 bridgehead atoms. The van der Waals surface area contributed by atoms with E-state index in [1.807, 2.05) is 36.4 Å². The van der Waals surface area contributed by atoms with Gasteiger partial charge in [-0.1, -0.05) is 31.1 Å². The molecule has 3 N–H and O–H groups in total. The third-order valence-corrected chi connectivity index (χ3v) is 14.3. The van der Waals surface area contributed by atoms with Crippen LogP contribution in [0.25, 0.3) is 17.0 Å². The van der Waals surface area contributed by atoms with E-state index in [0.717, 1.165) is 43.1 Å². The van der Waals surface area contributed by atoms with Crippen molar-refractivity contribution in [2.75, 3.05) is 26.9 Å². The van der Waals surface area contributed by atoms with Crippen LogP contribution in [0.1, 0.15) is 76.2 Å².